The third-order valence-corrected chi connectivity index (χ3v) is 6.08. The van der Waals surface area contributed by atoms with Gasteiger partial charge in [-0.1, -0.05) is 24.3 Å². The van der Waals surface area contributed by atoms with Crippen LogP contribution in [-0.4, -0.2) is 20.7 Å². The lowest BCUT2D eigenvalue weighted by molar-refractivity contribution is 0.112. The Bertz CT molecular complexity index is 1420. The van der Waals surface area contributed by atoms with Gasteiger partial charge in [-0.3, -0.25) is 9.20 Å². The highest BCUT2D eigenvalue weighted by Gasteiger charge is 2.19. The van der Waals surface area contributed by atoms with Gasteiger partial charge in [0.05, 0.1) is 6.20 Å². The van der Waals surface area contributed by atoms with Crippen molar-refractivity contribution in [1.29, 1.82) is 5.26 Å². The molecule has 6 nitrogen and oxygen atoms in total. The first kappa shape index (κ1) is 19.9. The minimum atomic E-state index is -0.222. The molecule has 0 saturated carbocycles. The second-order valence-electron chi connectivity index (χ2n) is 7.99. The summed E-state index contributed by atoms with van der Waals surface area (Å²) >= 11 is 0. The van der Waals surface area contributed by atoms with Crippen LogP contribution < -0.4 is 5.32 Å². The van der Waals surface area contributed by atoms with Gasteiger partial charge >= 0.3 is 0 Å². The van der Waals surface area contributed by atoms with Gasteiger partial charge in [0.2, 0.25) is 5.95 Å². The maximum atomic E-state index is 14.6. The van der Waals surface area contributed by atoms with Crippen LogP contribution in [0.15, 0.2) is 42.7 Å². The third-order valence-electron chi connectivity index (χ3n) is 6.08. The Labute approximate surface area is 184 Å². The van der Waals surface area contributed by atoms with E-state index in [1.165, 1.54) is 11.6 Å². The standard InChI is InChI=1S/C25H20FN5O/c1-15-9-17(5-6-18(15)14-32)21-11-28-25(31-13-19(10-27)30-24(21)31)29-12-22-20-4-2-3-16(20)7-8-23(22)26/h5-9,11,13-14H,2-4,12H2,1H3,(H,28,29). The predicted molar refractivity (Wildman–Crippen MR) is 119 cm³/mol. The van der Waals surface area contributed by atoms with Crippen molar-refractivity contribution in [2.24, 2.45) is 0 Å². The highest BCUT2D eigenvalue weighted by atomic mass is 19.1. The Morgan fingerprint density at radius 2 is 2.16 bits per heavy atom. The average molecular weight is 425 g/mol. The fourth-order valence-electron chi connectivity index (χ4n) is 4.41. The Balaban J connectivity index is 1.55. The number of hydrogen-bond acceptors (Lipinski definition) is 5. The molecule has 0 amide bonds. The van der Waals surface area contributed by atoms with Crippen molar-refractivity contribution in [3.05, 3.63) is 82.1 Å². The zero-order chi connectivity index (χ0) is 22.2. The predicted octanol–water partition coefficient (Wildman–Crippen LogP) is 4.63. The molecule has 0 aliphatic heterocycles. The third kappa shape index (κ3) is 3.30. The van der Waals surface area contributed by atoms with Gasteiger partial charge < -0.3 is 5.32 Å². The summed E-state index contributed by atoms with van der Waals surface area (Å²) in [4.78, 5) is 20.2. The summed E-state index contributed by atoms with van der Waals surface area (Å²) in [6.07, 6.45) is 7.03. The fraction of sp³-hybridized carbons (Fsp3) is 0.200. The van der Waals surface area contributed by atoms with Gasteiger partial charge in [-0.25, -0.2) is 14.4 Å². The van der Waals surface area contributed by atoms with Gasteiger partial charge in [0.25, 0.3) is 0 Å². The van der Waals surface area contributed by atoms with Crippen LogP contribution in [0.5, 0.6) is 0 Å². The molecular formula is C25H20FN5O. The lowest BCUT2D eigenvalue weighted by Gasteiger charge is -2.14. The molecule has 1 aliphatic carbocycles. The summed E-state index contributed by atoms with van der Waals surface area (Å²) in [5, 5.41) is 12.6. The zero-order valence-corrected chi connectivity index (χ0v) is 17.5. The number of aromatic nitrogens is 3. The molecule has 4 aromatic rings. The molecule has 2 aromatic carbocycles. The normalized spacial score (nSPS) is 12.5. The van der Waals surface area contributed by atoms with Gasteiger partial charge in [0, 0.05) is 29.4 Å². The molecule has 2 aromatic heterocycles. The van der Waals surface area contributed by atoms with Crippen LogP contribution in [0, 0.1) is 24.1 Å². The number of nitrogens with one attached hydrogen (secondary N) is 1. The fourth-order valence-corrected chi connectivity index (χ4v) is 4.41. The molecule has 0 unspecified atom stereocenters. The van der Waals surface area contributed by atoms with Crippen molar-refractivity contribution in [3.63, 3.8) is 0 Å². The number of fused-ring (bicyclic) bond motifs is 2. The van der Waals surface area contributed by atoms with Crippen molar-refractivity contribution in [1.82, 2.24) is 14.4 Å². The molecule has 5 rings (SSSR count). The van der Waals surface area contributed by atoms with Crippen molar-refractivity contribution in [2.75, 3.05) is 5.32 Å². The molecule has 0 radical (unpaired) electrons. The minimum absolute atomic E-state index is 0.222. The number of benzene rings is 2. The molecule has 7 heteroatoms. The van der Waals surface area contributed by atoms with E-state index in [4.69, 9.17) is 0 Å². The Hall–Kier alpha value is -4.05. The molecule has 2 heterocycles. The van der Waals surface area contributed by atoms with E-state index in [2.05, 4.69) is 21.4 Å². The van der Waals surface area contributed by atoms with Crippen LogP contribution >= 0.6 is 0 Å². The summed E-state index contributed by atoms with van der Waals surface area (Å²) < 4.78 is 16.3. The molecule has 158 valence electrons. The molecule has 32 heavy (non-hydrogen) atoms. The SMILES string of the molecule is Cc1cc(-c2cnc(NCc3c(F)ccc4c3CCC4)n3cc(C#N)nc23)ccc1C=O. The summed E-state index contributed by atoms with van der Waals surface area (Å²) in [5.41, 5.74) is 6.84. The van der Waals surface area contributed by atoms with Gasteiger partial charge in [-0.2, -0.15) is 5.26 Å². The Morgan fingerprint density at radius 3 is 2.94 bits per heavy atom. The van der Waals surface area contributed by atoms with Crippen LogP contribution in [0.25, 0.3) is 16.8 Å². The maximum Gasteiger partial charge on any atom is 0.208 e. The summed E-state index contributed by atoms with van der Waals surface area (Å²) in [6.45, 7) is 2.16. The number of aldehydes is 1. The Kier molecular flexibility index (Phi) is 4.91. The second kappa shape index (κ2) is 7.89. The number of hydrogen-bond donors (Lipinski definition) is 1. The average Bonchev–Trinajstić information content (AvgIpc) is 3.45. The Morgan fingerprint density at radius 1 is 1.28 bits per heavy atom. The lowest BCUT2D eigenvalue weighted by atomic mass is 10.0. The number of anilines is 1. The molecule has 1 N–H and O–H groups in total. The number of imidazole rings is 1. The van der Waals surface area contributed by atoms with E-state index in [0.717, 1.165) is 47.8 Å². The molecule has 0 bridgehead atoms. The molecule has 1 aliphatic rings. The number of halogens is 1. The molecule has 0 saturated heterocycles. The van der Waals surface area contributed by atoms with Crippen molar-refractivity contribution >= 4 is 17.9 Å². The van der Waals surface area contributed by atoms with E-state index in [1.54, 1.807) is 22.9 Å². The van der Waals surface area contributed by atoms with Crippen LogP contribution in [0.3, 0.4) is 0 Å². The van der Waals surface area contributed by atoms with Gasteiger partial charge in [0.15, 0.2) is 11.3 Å². The number of carbonyl (C=O) groups is 1. The van der Waals surface area contributed by atoms with Crippen LogP contribution in [0.4, 0.5) is 10.3 Å². The van der Waals surface area contributed by atoms with E-state index in [-0.39, 0.29) is 11.5 Å². The molecule has 0 atom stereocenters. The number of aryl methyl sites for hydroxylation is 2. The summed E-state index contributed by atoms with van der Waals surface area (Å²) in [5.74, 6) is 0.258. The summed E-state index contributed by atoms with van der Waals surface area (Å²) in [6, 6.07) is 11.0. The van der Waals surface area contributed by atoms with E-state index in [1.807, 2.05) is 25.1 Å². The number of carbonyl (C=O) groups excluding carboxylic acids is 1. The van der Waals surface area contributed by atoms with E-state index in [9.17, 15) is 14.4 Å². The second-order valence-corrected chi connectivity index (χ2v) is 7.99. The van der Waals surface area contributed by atoms with E-state index >= 15 is 0 Å². The van der Waals surface area contributed by atoms with Gasteiger partial charge in [-0.05, 0) is 54.5 Å². The first-order valence-electron chi connectivity index (χ1n) is 10.5. The topological polar surface area (TPSA) is 83.1 Å². The van der Waals surface area contributed by atoms with Crippen LogP contribution in [0.2, 0.25) is 0 Å². The van der Waals surface area contributed by atoms with Gasteiger partial charge in [-0.15, -0.1) is 0 Å². The quantitative estimate of drug-likeness (QED) is 0.472. The smallest absolute Gasteiger partial charge is 0.208 e. The highest BCUT2D eigenvalue weighted by molar-refractivity contribution is 5.83. The monoisotopic (exact) mass is 425 g/mol. The minimum Gasteiger partial charge on any atom is -0.351 e. The molecule has 0 spiro atoms. The first-order valence-corrected chi connectivity index (χ1v) is 10.5. The van der Waals surface area contributed by atoms with Gasteiger partial charge in [0.1, 0.15) is 18.2 Å². The lowest BCUT2D eigenvalue weighted by Crippen LogP contribution is -2.10. The zero-order valence-electron chi connectivity index (χ0n) is 17.5. The van der Waals surface area contributed by atoms with Crippen LogP contribution in [-0.2, 0) is 19.4 Å². The van der Waals surface area contributed by atoms with Crippen molar-refractivity contribution in [3.8, 4) is 17.2 Å². The summed E-state index contributed by atoms with van der Waals surface area (Å²) in [7, 11) is 0. The van der Waals surface area contributed by atoms with Crippen molar-refractivity contribution < 1.29 is 9.18 Å². The molecular weight excluding hydrogens is 405 g/mol. The van der Waals surface area contributed by atoms with Crippen molar-refractivity contribution in [2.45, 2.75) is 32.7 Å². The number of rotatable bonds is 5. The molecule has 0 fully saturated rings. The maximum absolute atomic E-state index is 14.6. The number of nitrogens with zero attached hydrogens (tertiary/aromatic N) is 4. The largest absolute Gasteiger partial charge is 0.351 e. The van der Waals surface area contributed by atoms with E-state index < -0.39 is 0 Å². The first-order chi connectivity index (χ1) is 15.6. The van der Waals surface area contributed by atoms with Crippen LogP contribution in [0.1, 0.15) is 44.7 Å². The highest BCUT2D eigenvalue weighted by Crippen LogP contribution is 2.30. The number of nitriles is 1. The van der Waals surface area contributed by atoms with E-state index in [0.29, 0.717) is 29.3 Å².